The van der Waals surface area contributed by atoms with Crippen LogP contribution in [0.3, 0.4) is 0 Å². The van der Waals surface area contributed by atoms with Crippen LogP contribution in [-0.4, -0.2) is 6.61 Å². The molecule has 4 rings (SSSR count). The van der Waals surface area contributed by atoms with Gasteiger partial charge in [0.25, 0.3) is 0 Å². The lowest BCUT2D eigenvalue weighted by molar-refractivity contribution is 0.341. The zero-order valence-electron chi connectivity index (χ0n) is 17.6. The van der Waals surface area contributed by atoms with E-state index in [-0.39, 0.29) is 0 Å². The van der Waals surface area contributed by atoms with Gasteiger partial charge in [-0.05, 0) is 77.2 Å². The highest BCUT2D eigenvalue weighted by Gasteiger charge is 2.00. The zero-order chi connectivity index (χ0) is 20.8. The van der Waals surface area contributed by atoms with Gasteiger partial charge >= 0.3 is 0 Å². The summed E-state index contributed by atoms with van der Waals surface area (Å²) < 4.78 is 5.58. The molecule has 0 unspecified atom stereocenters. The monoisotopic (exact) mass is 390 g/mol. The molecule has 0 aliphatic heterocycles. The minimum atomic E-state index is 0.679. The second-order valence-electron chi connectivity index (χ2n) is 7.43. The van der Waals surface area contributed by atoms with E-state index in [9.17, 15) is 0 Å². The fourth-order valence-electron chi connectivity index (χ4n) is 3.60. The van der Waals surface area contributed by atoms with Gasteiger partial charge in [-0.15, -0.1) is 0 Å². The summed E-state index contributed by atoms with van der Waals surface area (Å²) in [7, 11) is 0. The predicted octanol–water partition coefficient (Wildman–Crippen LogP) is 7.26. The maximum Gasteiger partial charge on any atom is 0.119 e. The molecule has 0 heterocycles. The number of rotatable bonds is 5. The van der Waals surface area contributed by atoms with Gasteiger partial charge in [0.05, 0.1) is 6.61 Å². The van der Waals surface area contributed by atoms with Crippen molar-refractivity contribution in [1.29, 1.82) is 0 Å². The summed E-state index contributed by atoms with van der Waals surface area (Å²) in [6.45, 7) is 4.89. The molecule has 0 N–H and O–H groups in total. The second kappa shape index (κ2) is 9.33. The highest BCUT2D eigenvalue weighted by molar-refractivity contribution is 5.85. The third kappa shape index (κ3) is 4.73. The topological polar surface area (TPSA) is 9.23 Å². The predicted molar refractivity (Wildman–Crippen MR) is 127 cm³/mol. The first-order valence-corrected chi connectivity index (χ1v) is 10.6. The summed E-state index contributed by atoms with van der Waals surface area (Å²) in [5.74, 6) is 7.49. The largest absolute Gasteiger partial charge is 0.494 e. The standard InChI is InChI=1S/C29H26O/c1-3-5-22-8-13-25(14-9-22)26-15-10-23(11-16-26)6-7-24-12-17-28-21-29(30-4-2)19-18-27(28)20-24/h8-21H,3-5H2,1-2H3. The number of fused-ring (bicyclic) bond motifs is 1. The molecule has 0 aliphatic rings. The summed E-state index contributed by atoms with van der Waals surface area (Å²) >= 11 is 0. The zero-order valence-corrected chi connectivity index (χ0v) is 17.6. The van der Waals surface area contributed by atoms with E-state index in [1.54, 1.807) is 0 Å². The van der Waals surface area contributed by atoms with E-state index in [0.717, 1.165) is 23.3 Å². The van der Waals surface area contributed by atoms with Crippen molar-refractivity contribution in [3.8, 4) is 28.7 Å². The van der Waals surface area contributed by atoms with E-state index in [4.69, 9.17) is 4.74 Å². The van der Waals surface area contributed by atoms with Crippen molar-refractivity contribution >= 4 is 10.8 Å². The summed E-state index contributed by atoms with van der Waals surface area (Å²) in [6, 6.07) is 29.8. The Bertz CT molecular complexity index is 1190. The molecular formula is C29H26O. The first-order chi connectivity index (χ1) is 14.7. The van der Waals surface area contributed by atoms with Crippen LogP contribution >= 0.6 is 0 Å². The number of aryl methyl sites for hydroxylation is 1. The fraction of sp³-hybridized carbons (Fsp3) is 0.172. The molecule has 0 saturated heterocycles. The molecule has 30 heavy (non-hydrogen) atoms. The van der Waals surface area contributed by atoms with Crippen molar-refractivity contribution in [3.05, 3.63) is 102 Å². The minimum absolute atomic E-state index is 0.679. The van der Waals surface area contributed by atoms with Crippen molar-refractivity contribution in [2.45, 2.75) is 26.7 Å². The van der Waals surface area contributed by atoms with Crippen molar-refractivity contribution < 1.29 is 4.74 Å². The second-order valence-corrected chi connectivity index (χ2v) is 7.43. The Hall–Kier alpha value is -3.50. The van der Waals surface area contributed by atoms with Crippen LogP contribution in [0.25, 0.3) is 21.9 Å². The van der Waals surface area contributed by atoms with E-state index >= 15 is 0 Å². The lowest BCUT2D eigenvalue weighted by Gasteiger charge is -2.05. The smallest absolute Gasteiger partial charge is 0.119 e. The maximum atomic E-state index is 5.58. The van der Waals surface area contributed by atoms with Crippen molar-refractivity contribution in [2.24, 2.45) is 0 Å². The maximum absolute atomic E-state index is 5.58. The Kier molecular flexibility index (Phi) is 6.16. The third-order valence-electron chi connectivity index (χ3n) is 5.18. The molecule has 0 atom stereocenters. The average Bonchev–Trinajstić information content (AvgIpc) is 2.79. The highest BCUT2D eigenvalue weighted by atomic mass is 16.5. The van der Waals surface area contributed by atoms with E-state index in [0.29, 0.717) is 6.61 Å². The van der Waals surface area contributed by atoms with Crippen LogP contribution in [0.2, 0.25) is 0 Å². The van der Waals surface area contributed by atoms with E-state index in [1.165, 1.54) is 33.9 Å². The van der Waals surface area contributed by atoms with Gasteiger partial charge in [-0.1, -0.05) is 73.7 Å². The van der Waals surface area contributed by atoms with Gasteiger partial charge in [-0.2, -0.15) is 0 Å². The minimum Gasteiger partial charge on any atom is -0.494 e. The third-order valence-corrected chi connectivity index (χ3v) is 5.18. The van der Waals surface area contributed by atoms with Crippen LogP contribution in [0, 0.1) is 11.8 Å². The fourth-order valence-corrected chi connectivity index (χ4v) is 3.60. The lowest BCUT2D eigenvalue weighted by Crippen LogP contribution is -1.90. The molecule has 148 valence electrons. The van der Waals surface area contributed by atoms with Crippen molar-refractivity contribution in [3.63, 3.8) is 0 Å². The van der Waals surface area contributed by atoms with Gasteiger partial charge in [-0.3, -0.25) is 0 Å². The summed E-state index contributed by atoms with van der Waals surface area (Å²) in [6.07, 6.45) is 2.31. The Morgan fingerprint density at radius 3 is 1.93 bits per heavy atom. The summed E-state index contributed by atoms with van der Waals surface area (Å²) in [4.78, 5) is 0. The molecule has 1 nitrogen and oxygen atoms in total. The molecule has 0 spiro atoms. The van der Waals surface area contributed by atoms with Crippen LogP contribution in [0.4, 0.5) is 0 Å². The first-order valence-electron chi connectivity index (χ1n) is 10.6. The van der Waals surface area contributed by atoms with Gasteiger partial charge in [-0.25, -0.2) is 0 Å². The number of hydrogen-bond acceptors (Lipinski definition) is 1. The molecule has 0 aromatic heterocycles. The number of benzene rings is 4. The summed E-state index contributed by atoms with van der Waals surface area (Å²) in [5.41, 5.74) is 5.90. The molecule has 0 radical (unpaired) electrons. The van der Waals surface area contributed by atoms with Crippen molar-refractivity contribution in [1.82, 2.24) is 0 Å². The molecule has 4 aromatic rings. The van der Waals surface area contributed by atoms with Crippen LogP contribution in [-0.2, 0) is 6.42 Å². The highest BCUT2D eigenvalue weighted by Crippen LogP contribution is 2.23. The van der Waals surface area contributed by atoms with Gasteiger partial charge < -0.3 is 4.74 Å². The molecule has 4 aromatic carbocycles. The normalized spacial score (nSPS) is 10.5. The molecule has 0 saturated carbocycles. The molecule has 0 amide bonds. The Labute approximate surface area is 179 Å². The van der Waals surface area contributed by atoms with Crippen LogP contribution in [0.1, 0.15) is 37.0 Å². The Morgan fingerprint density at radius 1 is 0.633 bits per heavy atom. The van der Waals surface area contributed by atoms with E-state index in [1.807, 2.05) is 13.0 Å². The van der Waals surface area contributed by atoms with Gasteiger partial charge in [0, 0.05) is 11.1 Å². The lowest BCUT2D eigenvalue weighted by atomic mass is 10.0. The van der Waals surface area contributed by atoms with Crippen molar-refractivity contribution in [2.75, 3.05) is 6.61 Å². The molecule has 0 fully saturated rings. The SMILES string of the molecule is CCCc1ccc(-c2ccc(C#Cc3ccc4cc(OCC)ccc4c3)cc2)cc1. The molecule has 0 aliphatic carbocycles. The van der Waals surface area contributed by atoms with Gasteiger partial charge in [0.15, 0.2) is 0 Å². The van der Waals surface area contributed by atoms with Crippen LogP contribution in [0.15, 0.2) is 84.9 Å². The number of ether oxygens (including phenoxy) is 1. The van der Waals surface area contributed by atoms with E-state index < -0.39 is 0 Å². The van der Waals surface area contributed by atoms with Crippen LogP contribution < -0.4 is 4.74 Å². The molecule has 1 heteroatoms. The Morgan fingerprint density at radius 2 is 1.23 bits per heavy atom. The quantitative estimate of drug-likeness (QED) is 0.326. The average molecular weight is 391 g/mol. The Balaban J connectivity index is 1.50. The van der Waals surface area contributed by atoms with Crippen LogP contribution in [0.5, 0.6) is 5.75 Å². The molecular weight excluding hydrogens is 364 g/mol. The van der Waals surface area contributed by atoms with Gasteiger partial charge in [0.1, 0.15) is 5.75 Å². The van der Waals surface area contributed by atoms with Gasteiger partial charge in [0.2, 0.25) is 0 Å². The van der Waals surface area contributed by atoms with E-state index in [2.05, 4.69) is 97.6 Å². The summed E-state index contributed by atoms with van der Waals surface area (Å²) in [5, 5.41) is 2.34. The molecule has 0 bridgehead atoms. The first kappa shape index (κ1) is 19.8. The number of hydrogen-bond donors (Lipinski definition) is 0.